The van der Waals surface area contributed by atoms with Gasteiger partial charge in [0, 0.05) is 17.0 Å². The van der Waals surface area contributed by atoms with Crippen molar-refractivity contribution in [3.05, 3.63) is 61.9 Å². The molecule has 0 radical (unpaired) electrons. The predicted molar refractivity (Wildman–Crippen MR) is 86.6 cm³/mol. The van der Waals surface area contributed by atoms with Gasteiger partial charge in [-0.1, -0.05) is 22.0 Å². The van der Waals surface area contributed by atoms with Crippen molar-refractivity contribution in [3.8, 4) is 0 Å². The van der Waals surface area contributed by atoms with Crippen LogP contribution in [0.5, 0.6) is 0 Å². The number of hydrogen-bond acceptors (Lipinski definition) is 4. The highest BCUT2D eigenvalue weighted by molar-refractivity contribution is 9.10. The summed E-state index contributed by atoms with van der Waals surface area (Å²) in [7, 11) is 0. The summed E-state index contributed by atoms with van der Waals surface area (Å²) < 4.78 is 1.86. The zero-order valence-corrected chi connectivity index (χ0v) is 14.1. The van der Waals surface area contributed by atoms with E-state index in [1.165, 1.54) is 11.3 Å². The number of rotatable bonds is 2. The monoisotopic (exact) mass is 366 g/mol. The van der Waals surface area contributed by atoms with Crippen molar-refractivity contribution >= 4 is 33.0 Å². The molecule has 0 aliphatic carbocycles. The van der Waals surface area contributed by atoms with E-state index in [0.29, 0.717) is 5.71 Å². The van der Waals surface area contributed by atoms with E-state index in [1.807, 2.05) is 48.7 Å². The van der Waals surface area contributed by atoms with Gasteiger partial charge in [-0.25, -0.2) is 0 Å². The Labute approximate surface area is 135 Å². The van der Waals surface area contributed by atoms with Crippen LogP contribution in [0.4, 0.5) is 0 Å². The van der Waals surface area contributed by atoms with Crippen molar-refractivity contribution < 1.29 is 9.95 Å². The highest BCUT2D eigenvalue weighted by Gasteiger charge is 2.54. The van der Waals surface area contributed by atoms with Crippen molar-refractivity contribution in [1.29, 1.82) is 0 Å². The van der Waals surface area contributed by atoms with Crippen molar-refractivity contribution in [1.82, 2.24) is 5.06 Å². The molecule has 1 aliphatic heterocycles. The first-order valence-electron chi connectivity index (χ1n) is 6.58. The third-order valence-electron chi connectivity index (χ3n) is 3.99. The fourth-order valence-corrected chi connectivity index (χ4v) is 3.84. The van der Waals surface area contributed by atoms with Gasteiger partial charge in [0.1, 0.15) is 6.04 Å². The summed E-state index contributed by atoms with van der Waals surface area (Å²) in [6.07, 6.45) is 0. The lowest BCUT2D eigenvalue weighted by Crippen LogP contribution is -2.45. The van der Waals surface area contributed by atoms with Gasteiger partial charge in [-0.2, -0.15) is 4.74 Å². The maximum absolute atomic E-state index is 12.9. The first kappa shape index (κ1) is 14.7. The summed E-state index contributed by atoms with van der Waals surface area (Å²) in [5.74, 6) is 0. The van der Waals surface area contributed by atoms with Crippen LogP contribution < -0.4 is 0 Å². The number of nitrogens with zero attached hydrogens (tertiary/aromatic N) is 2. The molecule has 0 saturated heterocycles. The fraction of sp³-hybridized carbons (Fsp3) is 0.267. The molecule has 2 atom stereocenters. The van der Waals surface area contributed by atoms with E-state index >= 15 is 0 Å². The van der Waals surface area contributed by atoms with E-state index < -0.39 is 5.66 Å². The van der Waals surface area contributed by atoms with Gasteiger partial charge in [0.05, 0.1) is 4.88 Å². The Morgan fingerprint density at radius 1 is 1.33 bits per heavy atom. The van der Waals surface area contributed by atoms with Crippen LogP contribution in [0.2, 0.25) is 0 Å². The normalized spacial score (nSPS) is 26.6. The van der Waals surface area contributed by atoms with Crippen LogP contribution in [0.25, 0.3) is 0 Å². The zero-order valence-electron chi connectivity index (χ0n) is 11.7. The third kappa shape index (κ3) is 2.14. The molecule has 1 aromatic heterocycles. The highest BCUT2D eigenvalue weighted by atomic mass is 79.9. The number of hydroxylamine groups is 3. The molecule has 0 amide bonds. The number of halogens is 1. The summed E-state index contributed by atoms with van der Waals surface area (Å²) in [5.41, 5.74) is 0.221. The molecule has 0 unspecified atom stereocenters. The largest absolute Gasteiger partial charge is 0.622 e. The first-order valence-corrected chi connectivity index (χ1v) is 8.26. The molecule has 0 fully saturated rings. The van der Waals surface area contributed by atoms with Crippen LogP contribution >= 0.6 is 27.3 Å². The standard InChI is InChI=1S/C15H15BrN2O2S/c1-10-14(13-4-3-9-21-13)18(20)15(2,17(10)19)11-5-7-12(16)8-6-11/h3-10,19H,1-2H3/t10-,15-/m0/s1. The van der Waals surface area contributed by atoms with E-state index in [9.17, 15) is 10.4 Å². The van der Waals surface area contributed by atoms with Gasteiger partial charge >= 0.3 is 0 Å². The average molecular weight is 367 g/mol. The Hall–Kier alpha value is -1.21. The Kier molecular flexibility index (Phi) is 3.65. The summed E-state index contributed by atoms with van der Waals surface area (Å²) in [6.45, 7) is 3.57. The lowest BCUT2D eigenvalue weighted by molar-refractivity contribution is -0.595. The molecule has 1 N–H and O–H groups in total. The average Bonchev–Trinajstić information content (AvgIpc) is 3.04. The minimum absolute atomic E-state index is 0.366. The predicted octanol–water partition coefficient (Wildman–Crippen LogP) is 3.78. The quantitative estimate of drug-likeness (QED) is 0.649. The summed E-state index contributed by atoms with van der Waals surface area (Å²) >= 11 is 4.89. The minimum Gasteiger partial charge on any atom is -0.622 e. The molecule has 1 aliphatic rings. The fourth-order valence-electron chi connectivity index (χ4n) is 2.74. The van der Waals surface area contributed by atoms with Crippen molar-refractivity contribution in [3.63, 3.8) is 0 Å². The maximum atomic E-state index is 12.9. The molecule has 0 spiro atoms. The molecule has 1 aromatic carbocycles. The van der Waals surface area contributed by atoms with E-state index in [2.05, 4.69) is 15.9 Å². The molecule has 0 saturated carbocycles. The molecule has 110 valence electrons. The third-order valence-corrected chi connectivity index (χ3v) is 5.41. The molecule has 0 bridgehead atoms. The molecule has 6 heteroatoms. The Morgan fingerprint density at radius 3 is 2.57 bits per heavy atom. The topological polar surface area (TPSA) is 49.5 Å². The van der Waals surface area contributed by atoms with Gasteiger partial charge in [-0.05, 0) is 42.6 Å². The van der Waals surface area contributed by atoms with Gasteiger partial charge in [0.25, 0.3) is 5.66 Å². The van der Waals surface area contributed by atoms with Crippen LogP contribution in [-0.4, -0.2) is 26.8 Å². The first-order chi connectivity index (χ1) is 9.96. The lowest BCUT2D eigenvalue weighted by Gasteiger charge is -2.29. The SMILES string of the molecule is C[C@H]1C(c2cccs2)=[N+]([O-])[C@@](C)(c2ccc(Br)cc2)N1O. The summed E-state index contributed by atoms with van der Waals surface area (Å²) in [4.78, 5) is 0.886. The number of thiophene rings is 1. The van der Waals surface area contributed by atoms with E-state index in [1.54, 1.807) is 6.92 Å². The van der Waals surface area contributed by atoms with Crippen molar-refractivity contribution in [2.45, 2.75) is 25.6 Å². The van der Waals surface area contributed by atoms with Crippen LogP contribution in [0.15, 0.2) is 46.3 Å². The Morgan fingerprint density at radius 2 is 2.00 bits per heavy atom. The van der Waals surface area contributed by atoms with Gasteiger partial charge in [0.15, 0.2) is 0 Å². The van der Waals surface area contributed by atoms with Crippen molar-refractivity contribution in [2.75, 3.05) is 0 Å². The number of hydrogen-bond donors (Lipinski definition) is 1. The lowest BCUT2D eigenvalue weighted by atomic mass is 10.0. The van der Waals surface area contributed by atoms with Crippen LogP contribution in [0.3, 0.4) is 0 Å². The molecule has 3 rings (SSSR count). The minimum atomic E-state index is -1.13. The number of benzene rings is 1. The van der Waals surface area contributed by atoms with Crippen molar-refractivity contribution in [2.24, 2.45) is 0 Å². The molecule has 21 heavy (non-hydrogen) atoms. The smallest absolute Gasteiger partial charge is 0.274 e. The van der Waals surface area contributed by atoms with Crippen LogP contribution in [0.1, 0.15) is 24.3 Å². The molecule has 4 nitrogen and oxygen atoms in total. The van der Waals surface area contributed by atoms with E-state index in [0.717, 1.165) is 24.7 Å². The van der Waals surface area contributed by atoms with Gasteiger partial charge in [-0.3, -0.25) is 0 Å². The summed E-state index contributed by atoms with van der Waals surface area (Å²) in [6, 6.07) is 10.9. The Bertz CT molecular complexity index is 684. The molecular formula is C15H15BrN2O2S. The van der Waals surface area contributed by atoms with E-state index in [4.69, 9.17) is 0 Å². The second kappa shape index (κ2) is 5.21. The van der Waals surface area contributed by atoms with Gasteiger partial charge in [-0.15, -0.1) is 16.4 Å². The zero-order chi connectivity index (χ0) is 15.2. The van der Waals surface area contributed by atoms with Gasteiger partial charge < -0.3 is 10.4 Å². The molecular weight excluding hydrogens is 352 g/mol. The molecule has 2 heterocycles. The highest BCUT2D eigenvalue weighted by Crippen LogP contribution is 2.37. The Balaban J connectivity index is 2.16. The van der Waals surface area contributed by atoms with E-state index in [-0.39, 0.29) is 6.04 Å². The van der Waals surface area contributed by atoms with Crippen LogP contribution in [0, 0.1) is 5.21 Å². The van der Waals surface area contributed by atoms with Gasteiger partial charge in [0.2, 0.25) is 5.71 Å². The molecule has 2 aromatic rings. The second-order valence-corrected chi connectivity index (χ2v) is 7.07. The summed E-state index contributed by atoms with van der Waals surface area (Å²) in [5, 5.41) is 26.5. The second-order valence-electron chi connectivity index (χ2n) is 5.21. The maximum Gasteiger partial charge on any atom is 0.274 e. The van der Waals surface area contributed by atoms with Crippen LogP contribution in [-0.2, 0) is 5.66 Å².